The van der Waals surface area contributed by atoms with Crippen LogP contribution < -0.4 is 5.32 Å². The van der Waals surface area contributed by atoms with Gasteiger partial charge in [-0.3, -0.25) is 14.7 Å². The molecule has 0 bridgehead atoms. The second-order valence-corrected chi connectivity index (χ2v) is 7.82. The maximum absolute atomic E-state index is 12.3. The van der Waals surface area contributed by atoms with Gasteiger partial charge in [-0.05, 0) is 44.9 Å². The lowest BCUT2D eigenvalue weighted by molar-refractivity contribution is -0.121. The molecule has 1 fully saturated rings. The summed E-state index contributed by atoms with van der Waals surface area (Å²) >= 11 is 1.65. The highest BCUT2D eigenvalue weighted by molar-refractivity contribution is 7.11. The van der Waals surface area contributed by atoms with Crippen LogP contribution in [0.3, 0.4) is 0 Å². The highest BCUT2D eigenvalue weighted by Crippen LogP contribution is 2.17. The lowest BCUT2D eigenvalue weighted by atomic mass is 10.0. The largest absolute Gasteiger partial charge is 0.352 e. The highest BCUT2D eigenvalue weighted by atomic mass is 32.1. The molecule has 5 nitrogen and oxygen atoms in total. The van der Waals surface area contributed by atoms with Crippen LogP contribution in [-0.4, -0.2) is 39.9 Å². The van der Waals surface area contributed by atoms with E-state index in [0.29, 0.717) is 6.42 Å². The van der Waals surface area contributed by atoms with Crippen LogP contribution in [0.2, 0.25) is 0 Å². The number of likely N-dealkylation sites (tertiary alicyclic amines) is 1. The number of thiazole rings is 1. The molecule has 3 rings (SSSR count). The van der Waals surface area contributed by atoms with Crippen molar-refractivity contribution in [1.29, 1.82) is 0 Å². The Morgan fingerprint density at radius 2 is 2.33 bits per heavy atom. The van der Waals surface area contributed by atoms with Crippen LogP contribution in [0.15, 0.2) is 24.5 Å². The van der Waals surface area contributed by atoms with Gasteiger partial charge in [0.25, 0.3) is 0 Å². The fourth-order valence-electron chi connectivity index (χ4n) is 3.23. The van der Waals surface area contributed by atoms with Gasteiger partial charge >= 0.3 is 0 Å². The molecule has 1 saturated heterocycles. The Morgan fingerprint density at radius 1 is 1.46 bits per heavy atom. The summed E-state index contributed by atoms with van der Waals surface area (Å²) in [6.07, 6.45) is 6.25. The summed E-state index contributed by atoms with van der Waals surface area (Å²) in [5.74, 6) is 0.0802. The molecule has 1 aliphatic heterocycles. The Bertz CT molecular complexity index is 686. The molecule has 128 valence electrons. The molecule has 0 radical (unpaired) electrons. The minimum atomic E-state index is 0.0802. The van der Waals surface area contributed by atoms with Gasteiger partial charge in [-0.15, -0.1) is 11.3 Å². The first-order valence-corrected chi connectivity index (χ1v) is 9.25. The van der Waals surface area contributed by atoms with Crippen molar-refractivity contribution < 1.29 is 4.79 Å². The van der Waals surface area contributed by atoms with Crippen LogP contribution in [0.4, 0.5) is 0 Å². The Labute approximate surface area is 147 Å². The SMILES string of the molecule is Cc1nc(CC(=O)N[C@@H]2CCCN(Cc3cccnc3)C2)c(C)s1. The van der Waals surface area contributed by atoms with E-state index >= 15 is 0 Å². The van der Waals surface area contributed by atoms with Crippen LogP contribution in [0.1, 0.15) is 34.0 Å². The van der Waals surface area contributed by atoms with Crippen molar-refractivity contribution in [1.82, 2.24) is 20.2 Å². The minimum Gasteiger partial charge on any atom is -0.352 e. The van der Waals surface area contributed by atoms with E-state index in [0.717, 1.165) is 48.1 Å². The maximum atomic E-state index is 12.3. The fourth-order valence-corrected chi connectivity index (χ4v) is 4.07. The average Bonchev–Trinajstić information content (AvgIpc) is 2.86. The lowest BCUT2D eigenvalue weighted by Crippen LogP contribution is -2.47. The minimum absolute atomic E-state index is 0.0802. The van der Waals surface area contributed by atoms with Crippen molar-refractivity contribution in [3.63, 3.8) is 0 Å². The van der Waals surface area contributed by atoms with E-state index in [1.54, 1.807) is 17.5 Å². The number of hydrogen-bond acceptors (Lipinski definition) is 5. The molecule has 1 amide bonds. The van der Waals surface area contributed by atoms with Gasteiger partial charge in [0.1, 0.15) is 0 Å². The molecule has 6 heteroatoms. The molecule has 2 aromatic rings. The molecule has 0 aromatic carbocycles. The van der Waals surface area contributed by atoms with Crippen molar-refractivity contribution in [2.24, 2.45) is 0 Å². The van der Waals surface area contributed by atoms with E-state index in [1.165, 1.54) is 5.56 Å². The number of hydrogen-bond donors (Lipinski definition) is 1. The number of rotatable bonds is 5. The maximum Gasteiger partial charge on any atom is 0.226 e. The Balaban J connectivity index is 1.51. The van der Waals surface area contributed by atoms with Crippen molar-refractivity contribution in [2.75, 3.05) is 13.1 Å². The standard InChI is InChI=1S/C18H24N4OS/c1-13-17(20-14(2)24-13)9-18(23)21-16-6-4-8-22(12-16)11-15-5-3-7-19-10-15/h3,5,7,10,16H,4,6,8-9,11-12H2,1-2H3,(H,21,23)/t16-/m1/s1. The molecule has 0 spiro atoms. The van der Waals surface area contributed by atoms with E-state index in [4.69, 9.17) is 0 Å². The zero-order valence-corrected chi connectivity index (χ0v) is 15.1. The number of nitrogens with one attached hydrogen (secondary N) is 1. The molecule has 1 N–H and O–H groups in total. The third kappa shape index (κ3) is 4.61. The Hall–Kier alpha value is -1.79. The summed E-state index contributed by atoms with van der Waals surface area (Å²) in [6, 6.07) is 4.29. The monoisotopic (exact) mass is 344 g/mol. The number of amides is 1. The van der Waals surface area contributed by atoms with Gasteiger partial charge in [0.15, 0.2) is 0 Å². The quantitative estimate of drug-likeness (QED) is 0.905. The molecule has 0 unspecified atom stereocenters. The first-order chi connectivity index (χ1) is 11.6. The summed E-state index contributed by atoms with van der Waals surface area (Å²) in [5.41, 5.74) is 2.14. The molecular weight excluding hydrogens is 320 g/mol. The number of piperidine rings is 1. The summed E-state index contributed by atoms with van der Waals surface area (Å²) in [7, 11) is 0. The molecule has 3 heterocycles. The van der Waals surface area contributed by atoms with Crippen molar-refractivity contribution in [3.8, 4) is 0 Å². The topological polar surface area (TPSA) is 58.1 Å². The number of carbonyl (C=O) groups excluding carboxylic acids is 1. The lowest BCUT2D eigenvalue weighted by Gasteiger charge is -2.33. The number of pyridine rings is 1. The third-order valence-corrected chi connectivity index (χ3v) is 5.26. The first-order valence-electron chi connectivity index (χ1n) is 8.43. The smallest absolute Gasteiger partial charge is 0.226 e. The molecule has 1 atom stereocenters. The van der Waals surface area contributed by atoms with Crippen LogP contribution in [-0.2, 0) is 17.8 Å². The second-order valence-electron chi connectivity index (χ2n) is 6.42. The predicted octanol–water partition coefficient (Wildman–Crippen LogP) is 2.48. The number of aromatic nitrogens is 2. The van der Waals surface area contributed by atoms with Gasteiger partial charge in [-0.1, -0.05) is 6.07 Å². The Kier molecular flexibility index (Phi) is 5.58. The van der Waals surface area contributed by atoms with E-state index < -0.39 is 0 Å². The van der Waals surface area contributed by atoms with Crippen molar-refractivity contribution >= 4 is 17.2 Å². The van der Waals surface area contributed by atoms with Crippen LogP contribution in [0.25, 0.3) is 0 Å². The van der Waals surface area contributed by atoms with Gasteiger partial charge < -0.3 is 5.32 Å². The predicted molar refractivity (Wildman–Crippen MR) is 96.0 cm³/mol. The first kappa shape index (κ1) is 17.0. The van der Waals surface area contributed by atoms with Gasteiger partial charge in [0.05, 0.1) is 17.1 Å². The summed E-state index contributed by atoms with van der Waals surface area (Å²) in [6.45, 7) is 6.88. The van der Waals surface area contributed by atoms with Gasteiger partial charge in [-0.25, -0.2) is 4.98 Å². The van der Waals surface area contributed by atoms with Crippen molar-refractivity contribution in [3.05, 3.63) is 45.7 Å². The van der Waals surface area contributed by atoms with Crippen LogP contribution >= 0.6 is 11.3 Å². The third-order valence-electron chi connectivity index (χ3n) is 4.33. The number of aryl methyl sites for hydroxylation is 2. The molecule has 1 aliphatic rings. The number of nitrogens with zero attached hydrogens (tertiary/aromatic N) is 3. The molecule has 0 saturated carbocycles. The summed E-state index contributed by atoms with van der Waals surface area (Å²) in [4.78, 5) is 24.5. The zero-order chi connectivity index (χ0) is 16.9. The zero-order valence-electron chi connectivity index (χ0n) is 14.3. The summed E-state index contributed by atoms with van der Waals surface area (Å²) in [5, 5.41) is 4.21. The second kappa shape index (κ2) is 7.85. The van der Waals surface area contributed by atoms with Gasteiger partial charge in [0, 0.05) is 36.4 Å². The molecular formula is C18H24N4OS. The van der Waals surface area contributed by atoms with Crippen LogP contribution in [0, 0.1) is 13.8 Å². The Morgan fingerprint density at radius 3 is 3.04 bits per heavy atom. The summed E-state index contributed by atoms with van der Waals surface area (Å²) < 4.78 is 0. The molecule has 0 aliphatic carbocycles. The van der Waals surface area contributed by atoms with Crippen molar-refractivity contribution in [2.45, 2.75) is 45.7 Å². The average molecular weight is 344 g/mol. The molecule has 2 aromatic heterocycles. The van der Waals surface area contributed by atoms with E-state index in [2.05, 4.69) is 26.3 Å². The van der Waals surface area contributed by atoms with E-state index in [1.807, 2.05) is 26.1 Å². The molecule has 24 heavy (non-hydrogen) atoms. The van der Waals surface area contributed by atoms with Crippen LogP contribution in [0.5, 0.6) is 0 Å². The van der Waals surface area contributed by atoms with Gasteiger partial charge in [0.2, 0.25) is 5.91 Å². The highest BCUT2D eigenvalue weighted by Gasteiger charge is 2.22. The fraction of sp³-hybridized carbons (Fsp3) is 0.500. The van der Waals surface area contributed by atoms with E-state index in [9.17, 15) is 4.79 Å². The van der Waals surface area contributed by atoms with E-state index in [-0.39, 0.29) is 11.9 Å². The van der Waals surface area contributed by atoms with Gasteiger partial charge in [-0.2, -0.15) is 0 Å². The number of carbonyl (C=O) groups is 1. The normalized spacial score (nSPS) is 18.5.